The first-order valence-electron chi connectivity index (χ1n) is 10.3. The lowest BCUT2D eigenvalue weighted by molar-refractivity contribution is 0.0778. The second kappa shape index (κ2) is 11.1. The van der Waals surface area contributed by atoms with Crippen LogP contribution in [-0.4, -0.2) is 43.9 Å². The zero-order valence-corrected chi connectivity index (χ0v) is 17.2. The third-order valence-corrected chi connectivity index (χ3v) is 5.54. The van der Waals surface area contributed by atoms with Crippen LogP contribution in [0.15, 0.2) is 28.0 Å². The molecule has 152 valence electrons. The van der Waals surface area contributed by atoms with Crippen LogP contribution in [0, 0.1) is 12.3 Å². The van der Waals surface area contributed by atoms with Crippen LogP contribution in [0.25, 0.3) is 0 Å². The molecular formula is C21H36N4O2. The molecule has 1 heterocycles. The average Bonchev–Trinajstić information content (AvgIpc) is 2.62. The molecule has 6 heteroatoms. The minimum absolute atomic E-state index is 0.0831. The minimum atomic E-state index is 0.0831. The largest absolute Gasteiger partial charge is 0.385 e. The van der Waals surface area contributed by atoms with E-state index in [1.807, 2.05) is 23.6 Å². The van der Waals surface area contributed by atoms with E-state index in [0.29, 0.717) is 5.41 Å². The number of nitrogens with zero attached hydrogens (tertiary/aromatic N) is 2. The normalized spacial score (nSPS) is 16.0. The van der Waals surface area contributed by atoms with Crippen molar-refractivity contribution >= 4 is 5.96 Å². The van der Waals surface area contributed by atoms with Crippen molar-refractivity contribution in [1.82, 2.24) is 15.2 Å². The van der Waals surface area contributed by atoms with E-state index in [0.717, 1.165) is 63.7 Å². The number of rotatable bonds is 11. The molecule has 1 aliphatic carbocycles. The molecule has 0 amide bonds. The fourth-order valence-corrected chi connectivity index (χ4v) is 3.58. The third-order valence-electron chi connectivity index (χ3n) is 5.54. The van der Waals surface area contributed by atoms with Crippen molar-refractivity contribution in [2.24, 2.45) is 10.4 Å². The highest BCUT2D eigenvalue weighted by atomic mass is 16.5. The van der Waals surface area contributed by atoms with E-state index in [1.54, 1.807) is 13.2 Å². The zero-order chi connectivity index (χ0) is 19.5. The summed E-state index contributed by atoms with van der Waals surface area (Å²) in [7, 11) is 1.77. The number of nitrogens with one attached hydrogen (secondary N) is 2. The van der Waals surface area contributed by atoms with Gasteiger partial charge in [0.05, 0.1) is 0 Å². The number of aryl methyl sites for hydroxylation is 1. The predicted octanol–water partition coefficient (Wildman–Crippen LogP) is 2.70. The van der Waals surface area contributed by atoms with Gasteiger partial charge in [0.1, 0.15) is 0 Å². The highest BCUT2D eigenvalue weighted by Gasteiger charge is 2.36. The molecule has 0 atom stereocenters. The van der Waals surface area contributed by atoms with Gasteiger partial charge in [0, 0.05) is 51.7 Å². The Labute approximate surface area is 163 Å². The predicted molar refractivity (Wildman–Crippen MR) is 111 cm³/mol. The summed E-state index contributed by atoms with van der Waals surface area (Å²) >= 11 is 0. The Kier molecular flexibility index (Phi) is 8.85. The maximum absolute atomic E-state index is 11.9. The molecule has 0 aliphatic heterocycles. The molecule has 1 saturated carbocycles. The second-order valence-electron chi connectivity index (χ2n) is 7.58. The van der Waals surface area contributed by atoms with Crippen LogP contribution in [0.1, 0.15) is 51.1 Å². The molecule has 27 heavy (non-hydrogen) atoms. The summed E-state index contributed by atoms with van der Waals surface area (Å²) in [5.74, 6) is 0.897. The standard InChI is InChI=1S/C21H36N4O2/c1-4-22-20(24-17-21(11-8-12-21)13-16-27-3)23-14-5-6-15-25-18(2)9-7-10-19(25)26/h7,9-10H,4-6,8,11-17H2,1-3H3,(H2,22,23,24). The Hall–Kier alpha value is -1.82. The molecule has 1 fully saturated rings. The van der Waals surface area contributed by atoms with Crippen LogP contribution in [-0.2, 0) is 11.3 Å². The first-order valence-corrected chi connectivity index (χ1v) is 10.3. The van der Waals surface area contributed by atoms with Crippen LogP contribution in [0.5, 0.6) is 0 Å². The van der Waals surface area contributed by atoms with Gasteiger partial charge in [-0.3, -0.25) is 9.79 Å². The molecule has 0 radical (unpaired) electrons. The smallest absolute Gasteiger partial charge is 0.250 e. The van der Waals surface area contributed by atoms with Gasteiger partial charge < -0.3 is 19.9 Å². The summed E-state index contributed by atoms with van der Waals surface area (Å²) in [4.78, 5) is 16.7. The van der Waals surface area contributed by atoms with E-state index < -0.39 is 0 Å². The summed E-state index contributed by atoms with van der Waals surface area (Å²) < 4.78 is 7.11. The lowest BCUT2D eigenvalue weighted by atomic mass is 9.67. The Morgan fingerprint density at radius 3 is 2.74 bits per heavy atom. The highest BCUT2D eigenvalue weighted by Crippen LogP contribution is 2.44. The van der Waals surface area contributed by atoms with Gasteiger partial charge in [-0.2, -0.15) is 0 Å². The van der Waals surface area contributed by atoms with Crippen molar-refractivity contribution in [2.75, 3.05) is 33.4 Å². The van der Waals surface area contributed by atoms with E-state index in [1.165, 1.54) is 19.3 Å². The monoisotopic (exact) mass is 376 g/mol. The van der Waals surface area contributed by atoms with Gasteiger partial charge in [-0.15, -0.1) is 0 Å². The number of pyridine rings is 1. The molecule has 1 aromatic rings. The first-order chi connectivity index (χ1) is 13.1. The van der Waals surface area contributed by atoms with Crippen LogP contribution < -0.4 is 16.2 Å². The fraction of sp³-hybridized carbons (Fsp3) is 0.714. The average molecular weight is 377 g/mol. The molecule has 1 aliphatic rings. The Morgan fingerprint density at radius 1 is 1.30 bits per heavy atom. The second-order valence-corrected chi connectivity index (χ2v) is 7.58. The molecule has 2 rings (SSSR count). The summed E-state index contributed by atoms with van der Waals surface area (Å²) in [5, 5.41) is 6.77. The number of hydrogen-bond donors (Lipinski definition) is 2. The molecule has 6 nitrogen and oxygen atoms in total. The maximum Gasteiger partial charge on any atom is 0.250 e. The van der Waals surface area contributed by atoms with Gasteiger partial charge in [0.15, 0.2) is 5.96 Å². The van der Waals surface area contributed by atoms with Crippen molar-refractivity contribution in [3.63, 3.8) is 0 Å². The molecular weight excluding hydrogens is 340 g/mol. The van der Waals surface area contributed by atoms with Gasteiger partial charge in [-0.25, -0.2) is 0 Å². The Balaban J connectivity index is 1.76. The summed E-state index contributed by atoms with van der Waals surface area (Å²) in [5.41, 5.74) is 1.44. The van der Waals surface area contributed by atoms with Gasteiger partial charge >= 0.3 is 0 Å². The maximum atomic E-state index is 11.9. The summed E-state index contributed by atoms with van der Waals surface area (Å²) in [6, 6.07) is 5.42. The quantitative estimate of drug-likeness (QED) is 0.354. The van der Waals surface area contributed by atoms with E-state index >= 15 is 0 Å². The molecule has 0 spiro atoms. The van der Waals surface area contributed by atoms with Crippen LogP contribution in [0.3, 0.4) is 0 Å². The Morgan fingerprint density at radius 2 is 2.11 bits per heavy atom. The summed E-state index contributed by atoms with van der Waals surface area (Å²) in [6.45, 7) is 8.23. The molecule has 0 bridgehead atoms. The number of guanidine groups is 1. The molecule has 0 unspecified atom stereocenters. The van der Waals surface area contributed by atoms with E-state index in [4.69, 9.17) is 9.73 Å². The fourth-order valence-electron chi connectivity index (χ4n) is 3.58. The molecule has 1 aromatic heterocycles. The highest BCUT2D eigenvalue weighted by molar-refractivity contribution is 5.79. The van der Waals surface area contributed by atoms with Crippen LogP contribution in [0.2, 0.25) is 0 Å². The number of aromatic nitrogens is 1. The van der Waals surface area contributed by atoms with Crippen molar-refractivity contribution in [2.45, 2.75) is 58.9 Å². The third kappa shape index (κ3) is 6.69. The summed E-state index contributed by atoms with van der Waals surface area (Å²) in [6.07, 6.45) is 6.88. The van der Waals surface area contributed by atoms with Gasteiger partial charge in [0.25, 0.3) is 5.56 Å². The zero-order valence-electron chi connectivity index (χ0n) is 17.2. The number of unbranched alkanes of at least 4 members (excludes halogenated alkanes) is 1. The number of ether oxygens (including phenoxy) is 1. The molecule has 2 N–H and O–H groups in total. The topological polar surface area (TPSA) is 67.7 Å². The van der Waals surface area contributed by atoms with Gasteiger partial charge in [-0.05, 0) is 57.4 Å². The van der Waals surface area contributed by atoms with Gasteiger partial charge in [0.2, 0.25) is 0 Å². The van der Waals surface area contributed by atoms with Crippen molar-refractivity contribution < 1.29 is 4.74 Å². The Bertz CT molecular complexity index is 650. The first kappa shape index (κ1) is 21.5. The van der Waals surface area contributed by atoms with Crippen molar-refractivity contribution in [3.8, 4) is 0 Å². The van der Waals surface area contributed by atoms with Crippen LogP contribution in [0.4, 0.5) is 0 Å². The van der Waals surface area contributed by atoms with E-state index in [2.05, 4.69) is 17.6 Å². The number of methoxy groups -OCH3 is 1. The van der Waals surface area contributed by atoms with Crippen LogP contribution >= 0.6 is 0 Å². The molecule has 0 aromatic carbocycles. The number of hydrogen-bond acceptors (Lipinski definition) is 3. The van der Waals surface area contributed by atoms with E-state index in [9.17, 15) is 4.79 Å². The lowest BCUT2D eigenvalue weighted by Gasteiger charge is -2.40. The minimum Gasteiger partial charge on any atom is -0.385 e. The van der Waals surface area contributed by atoms with Crippen molar-refractivity contribution in [1.29, 1.82) is 0 Å². The van der Waals surface area contributed by atoms with Crippen molar-refractivity contribution in [3.05, 3.63) is 34.2 Å². The molecule has 0 saturated heterocycles. The number of aliphatic imine (C=N–C) groups is 1. The van der Waals surface area contributed by atoms with Gasteiger partial charge in [-0.1, -0.05) is 12.5 Å². The lowest BCUT2D eigenvalue weighted by Crippen LogP contribution is -2.40. The van der Waals surface area contributed by atoms with E-state index in [-0.39, 0.29) is 5.56 Å². The SMILES string of the molecule is CCNC(=NCC1(CCOC)CCC1)NCCCCn1c(C)cccc1=O.